The topological polar surface area (TPSA) is 55.4 Å². The SMILES string of the molecule is CC(NC(=O)c1ccccc1)C(=O)OCC12CC3CC(CC(C3)C1)C2. The molecule has 4 aliphatic carbocycles. The summed E-state index contributed by atoms with van der Waals surface area (Å²) in [7, 11) is 0. The normalized spacial score (nSPS) is 33.7. The summed E-state index contributed by atoms with van der Waals surface area (Å²) in [5.41, 5.74) is 0.774. The zero-order valence-corrected chi connectivity index (χ0v) is 14.9. The van der Waals surface area contributed by atoms with Gasteiger partial charge in [-0.1, -0.05) is 18.2 Å². The highest BCUT2D eigenvalue weighted by Gasteiger charge is 2.51. The lowest BCUT2D eigenvalue weighted by atomic mass is 9.50. The molecule has 1 amide bonds. The van der Waals surface area contributed by atoms with E-state index >= 15 is 0 Å². The fourth-order valence-corrected chi connectivity index (χ4v) is 5.74. The first-order chi connectivity index (χ1) is 12.0. The van der Waals surface area contributed by atoms with E-state index in [-0.39, 0.29) is 17.3 Å². The fraction of sp³-hybridized carbons (Fsp3) is 0.619. The summed E-state index contributed by atoms with van der Waals surface area (Å²) in [6.07, 6.45) is 7.81. The molecule has 0 saturated heterocycles. The summed E-state index contributed by atoms with van der Waals surface area (Å²) in [6, 6.07) is 8.34. The van der Waals surface area contributed by atoms with Crippen LogP contribution in [0.5, 0.6) is 0 Å². The summed E-state index contributed by atoms with van der Waals surface area (Å²) in [6.45, 7) is 2.23. The predicted octanol–water partition coefficient (Wildman–Crippen LogP) is 3.56. The van der Waals surface area contributed by atoms with E-state index in [1.807, 2.05) is 18.2 Å². The minimum Gasteiger partial charge on any atom is -0.464 e. The van der Waals surface area contributed by atoms with Crippen molar-refractivity contribution in [1.29, 1.82) is 0 Å². The molecule has 4 fully saturated rings. The third-order valence-electron chi connectivity index (χ3n) is 6.42. The van der Waals surface area contributed by atoms with Crippen molar-refractivity contribution < 1.29 is 14.3 Å². The van der Waals surface area contributed by atoms with Crippen molar-refractivity contribution in [2.45, 2.75) is 51.5 Å². The first kappa shape index (κ1) is 16.6. The largest absolute Gasteiger partial charge is 0.464 e. The Balaban J connectivity index is 1.31. The Morgan fingerprint density at radius 1 is 1.08 bits per heavy atom. The van der Waals surface area contributed by atoms with Crippen molar-refractivity contribution in [2.75, 3.05) is 6.61 Å². The van der Waals surface area contributed by atoms with E-state index in [1.54, 1.807) is 19.1 Å². The molecule has 134 valence electrons. The van der Waals surface area contributed by atoms with E-state index in [4.69, 9.17) is 4.74 Å². The molecule has 4 aliphatic rings. The van der Waals surface area contributed by atoms with E-state index in [0.29, 0.717) is 12.2 Å². The van der Waals surface area contributed by atoms with Gasteiger partial charge in [-0.2, -0.15) is 0 Å². The molecule has 1 aromatic rings. The summed E-state index contributed by atoms with van der Waals surface area (Å²) >= 11 is 0. The zero-order valence-electron chi connectivity index (χ0n) is 14.9. The van der Waals surface area contributed by atoms with Gasteiger partial charge in [0, 0.05) is 11.0 Å². The minimum atomic E-state index is -0.624. The van der Waals surface area contributed by atoms with Crippen LogP contribution < -0.4 is 5.32 Å². The molecule has 0 aromatic heterocycles. The zero-order chi connectivity index (χ0) is 17.4. The number of hydrogen-bond donors (Lipinski definition) is 1. The lowest BCUT2D eigenvalue weighted by molar-refractivity contribution is -0.157. The quantitative estimate of drug-likeness (QED) is 0.833. The summed E-state index contributed by atoms with van der Waals surface area (Å²) in [5.74, 6) is 1.99. The van der Waals surface area contributed by atoms with Gasteiger partial charge in [0.05, 0.1) is 6.61 Å². The molecule has 4 heteroatoms. The molecule has 0 aliphatic heterocycles. The van der Waals surface area contributed by atoms with E-state index < -0.39 is 6.04 Å². The lowest BCUT2D eigenvalue weighted by Crippen LogP contribution is -2.49. The molecule has 4 saturated carbocycles. The molecule has 4 bridgehead atoms. The number of rotatable bonds is 5. The maximum Gasteiger partial charge on any atom is 0.328 e. The second-order valence-corrected chi connectivity index (χ2v) is 8.59. The third-order valence-corrected chi connectivity index (χ3v) is 6.42. The Hall–Kier alpha value is -1.84. The average Bonchev–Trinajstić information content (AvgIpc) is 2.59. The molecule has 0 heterocycles. The molecular weight excluding hydrogens is 314 g/mol. The van der Waals surface area contributed by atoms with Gasteiger partial charge >= 0.3 is 5.97 Å². The van der Waals surface area contributed by atoms with Crippen molar-refractivity contribution >= 4 is 11.9 Å². The van der Waals surface area contributed by atoms with Gasteiger partial charge in [-0.05, 0) is 75.3 Å². The van der Waals surface area contributed by atoms with Gasteiger partial charge in [-0.3, -0.25) is 4.79 Å². The molecule has 1 N–H and O–H groups in total. The van der Waals surface area contributed by atoms with Gasteiger partial charge in [-0.15, -0.1) is 0 Å². The molecule has 1 atom stereocenters. The van der Waals surface area contributed by atoms with Crippen molar-refractivity contribution in [3.63, 3.8) is 0 Å². The van der Waals surface area contributed by atoms with Gasteiger partial charge in [0.15, 0.2) is 0 Å². The van der Waals surface area contributed by atoms with Crippen LogP contribution in [-0.2, 0) is 9.53 Å². The molecule has 4 nitrogen and oxygen atoms in total. The number of benzene rings is 1. The average molecular weight is 341 g/mol. The Bertz CT molecular complexity index is 619. The number of carbonyl (C=O) groups is 2. The highest BCUT2D eigenvalue weighted by Crippen LogP contribution is 2.60. The lowest BCUT2D eigenvalue weighted by Gasteiger charge is -2.56. The third kappa shape index (κ3) is 3.44. The highest BCUT2D eigenvalue weighted by molar-refractivity contribution is 5.96. The van der Waals surface area contributed by atoms with Crippen LogP contribution in [-0.4, -0.2) is 24.5 Å². The Kier molecular flexibility index (Phi) is 4.30. The second-order valence-electron chi connectivity index (χ2n) is 8.59. The summed E-state index contributed by atoms with van der Waals surface area (Å²) in [4.78, 5) is 24.5. The van der Waals surface area contributed by atoms with Gasteiger partial charge in [-0.25, -0.2) is 4.79 Å². The van der Waals surface area contributed by atoms with E-state index in [9.17, 15) is 9.59 Å². The number of hydrogen-bond acceptors (Lipinski definition) is 3. The van der Waals surface area contributed by atoms with Crippen LogP contribution in [0.15, 0.2) is 30.3 Å². The molecule has 5 rings (SSSR count). The van der Waals surface area contributed by atoms with Crippen molar-refractivity contribution in [1.82, 2.24) is 5.32 Å². The van der Waals surface area contributed by atoms with E-state index in [0.717, 1.165) is 17.8 Å². The fourth-order valence-electron chi connectivity index (χ4n) is 5.74. The van der Waals surface area contributed by atoms with Crippen molar-refractivity contribution in [3.8, 4) is 0 Å². The Morgan fingerprint density at radius 3 is 2.20 bits per heavy atom. The molecular formula is C21H27NO3. The van der Waals surface area contributed by atoms with Crippen LogP contribution in [0.4, 0.5) is 0 Å². The number of nitrogens with one attached hydrogen (secondary N) is 1. The van der Waals surface area contributed by atoms with Gasteiger partial charge in [0.25, 0.3) is 5.91 Å². The summed E-state index contributed by atoms with van der Waals surface area (Å²) in [5, 5.41) is 2.74. The minimum absolute atomic E-state index is 0.216. The molecule has 0 spiro atoms. The number of ether oxygens (including phenoxy) is 1. The Morgan fingerprint density at radius 2 is 1.64 bits per heavy atom. The molecule has 0 radical (unpaired) electrons. The van der Waals surface area contributed by atoms with Crippen molar-refractivity contribution in [2.24, 2.45) is 23.2 Å². The van der Waals surface area contributed by atoms with Crippen molar-refractivity contribution in [3.05, 3.63) is 35.9 Å². The van der Waals surface area contributed by atoms with Gasteiger partial charge in [0.1, 0.15) is 6.04 Å². The van der Waals surface area contributed by atoms with Gasteiger partial charge in [0.2, 0.25) is 0 Å². The predicted molar refractivity (Wildman–Crippen MR) is 94.9 cm³/mol. The standard InChI is InChI=1S/C21H27NO3/c1-14(22-19(23)18-5-3-2-4-6-18)20(24)25-13-21-10-15-7-16(11-21)9-17(8-15)12-21/h2-6,14-17H,7-13H2,1H3,(H,22,23). The molecule has 1 aromatic carbocycles. The molecule has 1 unspecified atom stereocenters. The second kappa shape index (κ2) is 6.47. The smallest absolute Gasteiger partial charge is 0.328 e. The van der Waals surface area contributed by atoms with Crippen LogP contribution in [0.2, 0.25) is 0 Å². The van der Waals surface area contributed by atoms with Crippen LogP contribution in [0, 0.1) is 23.2 Å². The first-order valence-electron chi connectivity index (χ1n) is 9.55. The van der Waals surface area contributed by atoms with E-state index in [2.05, 4.69) is 5.32 Å². The van der Waals surface area contributed by atoms with Crippen LogP contribution >= 0.6 is 0 Å². The first-order valence-corrected chi connectivity index (χ1v) is 9.55. The maximum absolute atomic E-state index is 12.4. The Labute approximate surface area is 149 Å². The maximum atomic E-state index is 12.4. The number of amides is 1. The van der Waals surface area contributed by atoms with Gasteiger partial charge < -0.3 is 10.1 Å². The monoisotopic (exact) mass is 341 g/mol. The molecule has 25 heavy (non-hydrogen) atoms. The number of carbonyl (C=O) groups excluding carboxylic acids is 2. The van der Waals surface area contributed by atoms with Crippen LogP contribution in [0.1, 0.15) is 55.8 Å². The number of esters is 1. The van der Waals surface area contributed by atoms with Crippen LogP contribution in [0.3, 0.4) is 0 Å². The van der Waals surface area contributed by atoms with E-state index in [1.165, 1.54) is 38.5 Å². The summed E-state index contributed by atoms with van der Waals surface area (Å²) < 4.78 is 5.67. The van der Waals surface area contributed by atoms with Crippen LogP contribution in [0.25, 0.3) is 0 Å². The highest BCUT2D eigenvalue weighted by atomic mass is 16.5.